The van der Waals surface area contributed by atoms with Gasteiger partial charge in [-0.05, 0) is 51.8 Å². The molecule has 1 N–H and O–H groups in total. The number of benzene rings is 2. The second kappa shape index (κ2) is 8.28. The van der Waals surface area contributed by atoms with Crippen molar-refractivity contribution >= 4 is 15.9 Å². The standard InChI is InChI=1S/C24H30N2O4S/c1-17-8-10-19(11-9-17)31(28,29)26-14-12-18(13-15-26)23(27)25-21-16-24(2,3)30-22-7-5-4-6-20(21)22/h4-11,18,21H,12-16H2,1-3H3,(H,25,27). The summed E-state index contributed by atoms with van der Waals surface area (Å²) >= 11 is 0. The summed E-state index contributed by atoms with van der Waals surface area (Å²) in [6.07, 6.45) is 1.73. The highest BCUT2D eigenvalue weighted by Crippen LogP contribution is 2.39. The van der Waals surface area contributed by atoms with Gasteiger partial charge in [-0.2, -0.15) is 4.31 Å². The van der Waals surface area contributed by atoms with Gasteiger partial charge in [0.25, 0.3) is 0 Å². The third-order valence-corrected chi connectivity index (χ3v) is 8.09. The fourth-order valence-electron chi connectivity index (χ4n) is 4.44. The monoisotopic (exact) mass is 442 g/mol. The number of fused-ring (bicyclic) bond motifs is 1. The maximum Gasteiger partial charge on any atom is 0.243 e. The predicted molar refractivity (Wildman–Crippen MR) is 119 cm³/mol. The van der Waals surface area contributed by atoms with Crippen LogP contribution in [-0.4, -0.2) is 37.3 Å². The van der Waals surface area contributed by atoms with E-state index in [-0.39, 0.29) is 23.5 Å². The van der Waals surface area contributed by atoms with E-state index in [2.05, 4.69) is 5.32 Å². The highest BCUT2D eigenvalue weighted by molar-refractivity contribution is 7.89. The van der Waals surface area contributed by atoms with Gasteiger partial charge >= 0.3 is 0 Å². The Morgan fingerprint density at radius 1 is 1.06 bits per heavy atom. The molecule has 0 saturated carbocycles. The molecule has 166 valence electrons. The van der Waals surface area contributed by atoms with Crippen molar-refractivity contribution in [3.63, 3.8) is 0 Å². The van der Waals surface area contributed by atoms with Crippen molar-refractivity contribution in [3.8, 4) is 5.75 Å². The molecule has 6 nitrogen and oxygen atoms in total. The first kappa shape index (κ1) is 21.8. The Kier molecular flexibility index (Phi) is 5.83. The van der Waals surface area contributed by atoms with E-state index >= 15 is 0 Å². The SMILES string of the molecule is Cc1ccc(S(=O)(=O)N2CCC(C(=O)NC3CC(C)(C)Oc4ccccc43)CC2)cc1. The topological polar surface area (TPSA) is 75.7 Å². The lowest BCUT2D eigenvalue weighted by Crippen LogP contribution is -2.46. The number of aryl methyl sites for hydroxylation is 1. The molecule has 1 saturated heterocycles. The molecule has 1 atom stereocenters. The van der Waals surface area contributed by atoms with Gasteiger partial charge in [0.2, 0.25) is 15.9 Å². The van der Waals surface area contributed by atoms with Crippen LogP contribution in [0.15, 0.2) is 53.4 Å². The van der Waals surface area contributed by atoms with Crippen molar-refractivity contribution in [1.29, 1.82) is 0 Å². The number of carbonyl (C=O) groups excluding carboxylic acids is 1. The summed E-state index contributed by atoms with van der Waals surface area (Å²) in [5, 5.41) is 3.20. The quantitative estimate of drug-likeness (QED) is 0.781. The molecule has 4 rings (SSSR count). The van der Waals surface area contributed by atoms with E-state index in [1.54, 1.807) is 24.3 Å². The van der Waals surface area contributed by atoms with E-state index in [0.29, 0.717) is 37.2 Å². The zero-order valence-electron chi connectivity index (χ0n) is 18.3. The number of nitrogens with zero attached hydrogens (tertiary/aromatic N) is 1. The zero-order chi connectivity index (χ0) is 22.2. The lowest BCUT2D eigenvalue weighted by Gasteiger charge is -2.39. The van der Waals surface area contributed by atoms with Crippen LogP contribution in [-0.2, 0) is 14.8 Å². The number of sulfonamides is 1. The van der Waals surface area contributed by atoms with Crippen LogP contribution in [0.25, 0.3) is 0 Å². The molecule has 0 spiro atoms. The first-order valence-corrected chi connectivity index (χ1v) is 12.2. The highest BCUT2D eigenvalue weighted by atomic mass is 32.2. The van der Waals surface area contributed by atoms with Gasteiger partial charge in [-0.1, -0.05) is 35.9 Å². The van der Waals surface area contributed by atoms with E-state index in [1.165, 1.54) is 4.31 Å². The van der Waals surface area contributed by atoms with Crippen molar-refractivity contribution in [1.82, 2.24) is 9.62 Å². The van der Waals surface area contributed by atoms with Gasteiger partial charge in [0.15, 0.2) is 0 Å². The van der Waals surface area contributed by atoms with Crippen molar-refractivity contribution in [2.75, 3.05) is 13.1 Å². The smallest absolute Gasteiger partial charge is 0.243 e. The van der Waals surface area contributed by atoms with Crippen LogP contribution in [0.5, 0.6) is 5.75 Å². The Bertz CT molecular complexity index is 1060. The Morgan fingerprint density at radius 2 is 1.71 bits per heavy atom. The molecule has 0 aromatic heterocycles. The molecule has 2 aromatic carbocycles. The number of piperidine rings is 1. The van der Waals surface area contributed by atoms with Gasteiger partial charge in [-0.25, -0.2) is 8.42 Å². The average Bonchev–Trinajstić information content (AvgIpc) is 2.73. The molecule has 1 unspecified atom stereocenters. The van der Waals surface area contributed by atoms with E-state index in [1.807, 2.05) is 45.0 Å². The van der Waals surface area contributed by atoms with Crippen LogP contribution in [0.3, 0.4) is 0 Å². The summed E-state index contributed by atoms with van der Waals surface area (Å²) in [5.41, 5.74) is 1.65. The Labute approximate surface area is 184 Å². The Hall–Kier alpha value is -2.38. The number of carbonyl (C=O) groups is 1. The molecular weight excluding hydrogens is 412 g/mol. The molecule has 2 aromatic rings. The first-order valence-electron chi connectivity index (χ1n) is 10.8. The van der Waals surface area contributed by atoms with Crippen molar-refractivity contribution in [2.45, 2.75) is 56.6 Å². The zero-order valence-corrected chi connectivity index (χ0v) is 19.1. The van der Waals surface area contributed by atoms with Gasteiger partial charge in [-0.15, -0.1) is 0 Å². The molecule has 1 amide bonds. The number of rotatable bonds is 4. The van der Waals surface area contributed by atoms with Crippen molar-refractivity contribution < 1.29 is 17.9 Å². The summed E-state index contributed by atoms with van der Waals surface area (Å²) in [5.74, 6) is 0.607. The lowest BCUT2D eigenvalue weighted by atomic mass is 9.88. The predicted octanol–water partition coefficient (Wildman–Crippen LogP) is 3.81. The Morgan fingerprint density at radius 3 is 2.39 bits per heavy atom. The minimum Gasteiger partial charge on any atom is -0.487 e. The number of amides is 1. The first-order chi connectivity index (χ1) is 14.7. The van der Waals surface area contributed by atoms with E-state index in [4.69, 9.17) is 4.74 Å². The molecule has 31 heavy (non-hydrogen) atoms. The summed E-state index contributed by atoms with van der Waals surface area (Å²) < 4.78 is 33.4. The van der Waals surface area contributed by atoms with Crippen LogP contribution < -0.4 is 10.1 Å². The Balaban J connectivity index is 1.40. The van der Waals surface area contributed by atoms with Gasteiger partial charge in [0.05, 0.1) is 10.9 Å². The maximum absolute atomic E-state index is 13.0. The second-order valence-corrected chi connectivity index (χ2v) is 11.1. The summed E-state index contributed by atoms with van der Waals surface area (Å²) in [7, 11) is -3.53. The normalized spacial score (nSPS) is 21.7. The van der Waals surface area contributed by atoms with Gasteiger partial charge in [0.1, 0.15) is 11.4 Å². The summed E-state index contributed by atoms with van der Waals surface area (Å²) in [4.78, 5) is 13.3. The van der Waals surface area contributed by atoms with Gasteiger partial charge < -0.3 is 10.1 Å². The van der Waals surface area contributed by atoms with E-state index < -0.39 is 10.0 Å². The number of hydrogen-bond acceptors (Lipinski definition) is 4. The largest absolute Gasteiger partial charge is 0.487 e. The molecule has 0 bridgehead atoms. The van der Waals surface area contributed by atoms with Crippen LogP contribution >= 0.6 is 0 Å². The van der Waals surface area contributed by atoms with Crippen LogP contribution in [0, 0.1) is 12.8 Å². The number of nitrogens with one attached hydrogen (secondary N) is 1. The molecule has 2 heterocycles. The van der Waals surface area contributed by atoms with Crippen LogP contribution in [0.1, 0.15) is 50.3 Å². The van der Waals surface area contributed by atoms with Gasteiger partial charge in [-0.3, -0.25) is 4.79 Å². The number of hydrogen-bond donors (Lipinski definition) is 1. The fraction of sp³-hybridized carbons (Fsp3) is 0.458. The second-order valence-electron chi connectivity index (χ2n) is 9.16. The molecule has 1 fully saturated rings. The maximum atomic E-state index is 13.0. The molecule has 2 aliphatic heterocycles. The minimum absolute atomic E-state index is 0.00936. The summed E-state index contributed by atoms with van der Waals surface area (Å²) in [6, 6.07) is 14.6. The van der Waals surface area contributed by atoms with Crippen LogP contribution in [0.2, 0.25) is 0 Å². The van der Waals surface area contributed by atoms with Crippen LogP contribution in [0.4, 0.5) is 0 Å². The molecule has 2 aliphatic rings. The van der Waals surface area contributed by atoms with E-state index in [9.17, 15) is 13.2 Å². The molecular formula is C24H30N2O4S. The average molecular weight is 443 g/mol. The molecule has 0 radical (unpaired) electrons. The van der Waals surface area contributed by atoms with Crippen molar-refractivity contribution in [3.05, 3.63) is 59.7 Å². The van der Waals surface area contributed by atoms with E-state index in [0.717, 1.165) is 16.9 Å². The summed E-state index contributed by atoms with van der Waals surface area (Å²) in [6.45, 7) is 6.68. The molecule has 0 aliphatic carbocycles. The number of ether oxygens (including phenoxy) is 1. The number of para-hydroxylation sites is 1. The third kappa shape index (κ3) is 4.62. The third-order valence-electron chi connectivity index (χ3n) is 6.18. The fourth-order valence-corrected chi connectivity index (χ4v) is 5.91. The minimum atomic E-state index is -3.53. The molecule has 7 heteroatoms. The van der Waals surface area contributed by atoms with Gasteiger partial charge in [0, 0.05) is 31.0 Å². The highest BCUT2D eigenvalue weighted by Gasteiger charge is 2.37. The lowest BCUT2D eigenvalue weighted by molar-refractivity contribution is -0.127. The van der Waals surface area contributed by atoms with Crippen molar-refractivity contribution in [2.24, 2.45) is 5.92 Å².